The zero-order valence-corrected chi connectivity index (χ0v) is 15.6. The van der Waals surface area contributed by atoms with E-state index in [0.29, 0.717) is 12.6 Å². The minimum atomic E-state index is 0.249. The van der Waals surface area contributed by atoms with Gasteiger partial charge in [-0.25, -0.2) is 0 Å². The number of hydrogen-bond acceptors (Lipinski definition) is 3. The molecule has 3 rings (SSSR count). The van der Waals surface area contributed by atoms with Crippen molar-refractivity contribution < 1.29 is 8.83 Å². The van der Waals surface area contributed by atoms with E-state index in [4.69, 9.17) is 8.83 Å². The van der Waals surface area contributed by atoms with E-state index < -0.39 is 0 Å². The molecule has 0 radical (unpaired) electrons. The molecular formula is C16H19Br2NO2. The predicted molar refractivity (Wildman–Crippen MR) is 89.2 cm³/mol. The Hall–Kier alpha value is -0.520. The van der Waals surface area contributed by atoms with Crippen LogP contribution in [0.2, 0.25) is 0 Å². The summed E-state index contributed by atoms with van der Waals surface area (Å²) in [7, 11) is 0. The molecule has 1 aliphatic carbocycles. The number of aryl methyl sites for hydroxylation is 1. The molecule has 0 bridgehead atoms. The lowest BCUT2D eigenvalue weighted by atomic mass is 9.74. The van der Waals surface area contributed by atoms with Crippen molar-refractivity contribution in [1.82, 2.24) is 5.32 Å². The molecule has 0 saturated carbocycles. The van der Waals surface area contributed by atoms with Gasteiger partial charge in [-0.3, -0.25) is 0 Å². The van der Waals surface area contributed by atoms with Crippen molar-refractivity contribution in [1.29, 1.82) is 0 Å². The largest absolute Gasteiger partial charge is 0.466 e. The molecule has 5 heteroatoms. The topological polar surface area (TPSA) is 38.3 Å². The van der Waals surface area contributed by atoms with Crippen LogP contribution in [0.1, 0.15) is 49.2 Å². The van der Waals surface area contributed by atoms with Gasteiger partial charge in [-0.2, -0.15) is 0 Å². The Labute approximate surface area is 141 Å². The average molecular weight is 417 g/mol. The van der Waals surface area contributed by atoms with Crippen LogP contribution in [0.3, 0.4) is 0 Å². The van der Waals surface area contributed by atoms with Gasteiger partial charge in [0.05, 0.1) is 11.0 Å². The highest BCUT2D eigenvalue weighted by atomic mass is 79.9. The van der Waals surface area contributed by atoms with Crippen LogP contribution in [0, 0.1) is 12.3 Å². The normalized spacial score (nSPS) is 20.5. The van der Waals surface area contributed by atoms with E-state index in [1.54, 1.807) is 0 Å². The van der Waals surface area contributed by atoms with Gasteiger partial charge >= 0.3 is 0 Å². The van der Waals surface area contributed by atoms with E-state index in [9.17, 15) is 0 Å². The van der Waals surface area contributed by atoms with E-state index in [1.807, 2.05) is 13.0 Å². The summed E-state index contributed by atoms with van der Waals surface area (Å²) in [6, 6.07) is 4.46. The summed E-state index contributed by atoms with van der Waals surface area (Å²) in [6.07, 6.45) is 2.11. The monoisotopic (exact) mass is 415 g/mol. The van der Waals surface area contributed by atoms with Crippen LogP contribution in [0.15, 0.2) is 30.1 Å². The lowest BCUT2D eigenvalue weighted by molar-refractivity contribution is 0.231. The number of halogens is 2. The van der Waals surface area contributed by atoms with Crippen molar-refractivity contribution in [3.63, 3.8) is 0 Å². The van der Waals surface area contributed by atoms with Gasteiger partial charge in [-0.15, -0.1) is 0 Å². The number of nitrogens with one attached hydrogen (secondary N) is 1. The maximum Gasteiger partial charge on any atom is 0.183 e. The molecule has 0 aliphatic heterocycles. The molecule has 2 aromatic heterocycles. The summed E-state index contributed by atoms with van der Waals surface area (Å²) >= 11 is 6.82. The van der Waals surface area contributed by atoms with Crippen LogP contribution in [0.5, 0.6) is 0 Å². The van der Waals surface area contributed by atoms with Crippen molar-refractivity contribution in [3.8, 4) is 0 Å². The van der Waals surface area contributed by atoms with Gasteiger partial charge in [-0.05, 0) is 62.8 Å². The Morgan fingerprint density at radius 1 is 1.29 bits per heavy atom. The van der Waals surface area contributed by atoms with Crippen molar-refractivity contribution >= 4 is 31.9 Å². The van der Waals surface area contributed by atoms with Gasteiger partial charge in [0.15, 0.2) is 4.67 Å². The van der Waals surface area contributed by atoms with E-state index in [-0.39, 0.29) is 5.41 Å². The second-order valence-corrected chi connectivity index (χ2v) is 8.12. The molecule has 2 aromatic rings. The van der Waals surface area contributed by atoms with Gasteiger partial charge in [0.25, 0.3) is 0 Å². The first kappa shape index (κ1) is 15.4. The average Bonchev–Trinajstić information content (AvgIpc) is 2.88. The summed E-state index contributed by atoms with van der Waals surface area (Å²) in [6.45, 7) is 7.31. The van der Waals surface area contributed by atoms with Crippen LogP contribution < -0.4 is 5.32 Å². The maximum absolute atomic E-state index is 5.87. The molecule has 2 heterocycles. The smallest absolute Gasteiger partial charge is 0.183 e. The predicted octanol–water partition coefficient (Wildman–Crippen LogP) is 5.51. The summed E-state index contributed by atoms with van der Waals surface area (Å²) in [5.74, 6) is 3.04. The first-order chi connectivity index (χ1) is 9.84. The molecular weight excluding hydrogens is 398 g/mol. The second-order valence-electron chi connectivity index (χ2n) is 6.55. The van der Waals surface area contributed by atoms with E-state index in [0.717, 1.165) is 39.3 Å². The third-order valence-electron chi connectivity index (χ3n) is 3.96. The van der Waals surface area contributed by atoms with Crippen molar-refractivity contribution in [2.45, 2.75) is 46.2 Å². The van der Waals surface area contributed by atoms with Gasteiger partial charge in [0.1, 0.15) is 17.3 Å². The highest BCUT2D eigenvalue weighted by Crippen LogP contribution is 2.42. The highest BCUT2D eigenvalue weighted by Gasteiger charge is 2.34. The summed E-state index contributed by atoms with van der Waals surface area (Å²) in [4.78, 5) is 0. The van der Waals surface area contributed by atoms with Gasteiger partial charge in [0, 0.05) is 18.0 Å². The summed E-state index contributed by atoms with van der Waals surface area (Å²) in [5.41, 5.74) is 1.55. The minimum absolute atomic E-state index is 0.249. The van der Waals surface area contributed by atoms with Crippen LogP contribution in [0.25, 0.3) is 0 Å². The van der Waals surface area contributed by atoms with Crippen molar-refractivity contribution in [2.75, 3.05) is 0 Å². The number of fused-ring (bicyclic) bond motifs is 1. The quantitative estimate of drug-likeness (QED) is 0.716. The molecule has 0 aromatic carbocycles. The van der Waals surface area contributed by atoms with Crippen LogP contribution in [-0.4, -0.2) is 0 Å². The SMILES string of the molecule is Cc1cc2c(o1)CC(C)(C)CC2NCc1cc(Br)c(Br)o1. The molecule has 1 unspecified atom stereocenters. The molecule has 0 amide bonds. The van der Waals surface area contributed by atoms with Crippen LogP contribution >= 0.6 is 31.9 Å². The van der Waals surface area contributed by atoms with Crippen LogP contribution in [0.4, 0.5) is 0 Å². The molecule has 21 heavy (non-hydrogen) atoms. The van der Waals surface area contributed by atoms with Gasteiger partial charge in [-0.1, -0.05) is 13.8 Å². The fourth-order valence-corrected chi connectivity index (χ4v) is 3.73. The highest BCUT2D eigenvalue weighted by molar-refractivity contribution is 9.13. The molecule has 1 N–H and O–H groups in total. The Morgan fingerprint density at radius 2 is 2.05 bits per heavy atom. The Morgan fingerprint density at radius 3 is 2.71 bits per heavy atom. The van der Waals surface area contributed by atoms with E-state index in [2.05, 4.69) is 57.1 Å². The molecule has 0 spiro atoms. The molecule has 0 fully saturated rings. The fourth-order valence-electron chi connectivity index (χ4n) is 3.07. The molecule has 1 atom stereocenters. The number of rotatable bonds is 3. The van der Waals surface area contributed by atoms with Crippen LogP contribution in [-0.2, 0) is 13.0 Å². The van der Waals surface area contributed by atoms with Crippen molar-refractivity contribution in [2.24, 2.45) is 5.41 Å². The third kappa shape index (κ3) is 3.30. The Balaban J connectivity index is 1.78. The summed E-state index contributed by atoms with van der Waals surface area (Å²) < 4.78 is 13.2. The lowest BCUT2D eigenvalue weighted by Crippen LogP contribution is -2.32. The van der Waals surface area contributed by atoms with E-state index >= 15 is 0 Å². The molecule has 1 aliphatic rings. The zero-order chi connectivity index (χ0) is 15.2. The van der Waals surface area contributed by atoms with Crippen molar-refractivity contribution in [3.05, 3.63) is 44.1 Å². The standard InChI is InChI=1S/C16H19Br2NO2/c1-9-4-11-13(6-16(2,3)7-14(11)20-9)19-8-10-5-12(17)15(18)21-10/h4-5,13,19H,6-8H2,1-3H3. The fraction of sp³-hybridized carbons (Fsp3) is 0.500. The first-order valence-corrected chi connectivity index (χ1v) is 8.69. The van der Waals surface area contributed by atoms with Gasteiger partial charge in [0.2, 0.25) is 0 Å². The zero-order valence-electron chi connectivity index (χ0n) is 12.4. The summed E-state index contributed by atoms with van der Waals surface area (Å²) in [5, 5.41) is 3.61. The third-order valence-corrected chi connectivity index (χ3v) is 5.67. The molecule has 114 valence electrons. The minimum Gasteiger partial charge on any atom is -0.466 e. The Kier molecular flexibility index (Phi) is 4.10. The second kappa shape index (κ2) is 5.60. The maximum atomic E-state index is 5.87. The molecule has 0 saturated heterocycles. The lowest BCUT2D eigenvalue weighted by Gasteiger charge is -2.34. The number of furan rings is 2. The number of hydrogen-bond donors (Lipinski definition) is 1. The Bertz CT molecular complexity index is 638. The first-order valence-electron chi connectivity index (χ1n) is 7.10. The van der Waals surface area contributed by atoms with Gasteiger partial charge < -0.3 is 14.2 Å². The molecule has 3 nitrogen and oxygen atoms in total. The van der Waals surface area contributed by atoms with E-state index in [1.165, 1.54) is 5.56 Å².